The Hall–Kier alpha value is -2.18. The van der Waals surface area contributed by atoms with Gasteiger partial charge in [0.05, 0.1) is 5.69 Å². The van der Waals surface area contributed by atoms with Crippen LogP contribution in [0, 0.1) is 10.1 Å². The van der Waals surface area contributed by atoms with Crippen LogP contribution in [0.2, 0.25) is 0 Å². The van der Waals surface area contributed by atoms with E-state index >= 15 is 0 Å². The second-order valence-corrected chi connectivity index (χ2v) is 4.53. The first-order valence-corrected chi connectivity index (χ1v) is 6.29. The summed E-state index contributed by atoms with van der Waals surface area (Å²) in [5.41, 5.74) is 0.716. The van der Waals surface area contributed by atoms with Gasteiger partial charge in [-0.15, -0.1) is 0 Å². The monoisotopic (exact) mass is 264 g/mol. The van der Waals surface area contributed by atoms with E-state index in [0.717, 1.165) is 19.3 Å². The molecule has 1 aromatic rings. The number of hydrogen-bond donors (Lipinski definition) is 2. The third-order valence-electron chi connectivity index (χ3n) is 2.79. The number of nitro groups is 1. The molecule has 0 radical (unpaired) electrons. The molecule has 102 valence electrons. The van der Waals surface area contributed by atoms with Crippen LogP contribution in [0.25, 0.3) is 0 Å². The van der Waals surface area contributed by atoms with E-state index in [9.17, 15) is 14.9 Å². The molecular weight excluding hydrogens is 248 g/mol. The lowest BCUT2D eigenvalue weighted by atomic mass is 10.3. The molecule has 1 aliphatic rings. The molecule has 1 saturated carbocycles. The second-order valence-electron chi connectivity index (χ2n) is 4.53. The number of pyridine rings is 1. The number of carbonyl (C=O) groups excluding carboxylic acids is 1. The van der Waals surface area contributed by atoms with Gasteiger partial charge in [-0.05, 0) is 35.2 Å². The smallest absolute Gasteiger partial charge is 0.363 e. The van der Waals surface area contributed by atoms with Gasteiger partial charge in [-0.2, -0.15) is 0 Å². The molecule has 0 saturated heterocycles. The summed E-state index contributed by atoms with van der Waals surface area (Å²) < 4.78 is 0. The zero-order valence-corrected chi connectivity index (χ0v) is 10.5. The first kappa shape index (κ1) is 13.3. The Bertz CT molecular complexity index is 457. The highest BCUT2D eigenvalue weighted by Gasteiger charge is 2.22. The summed E-state index contributed by atoms with van der Waals surface area (Å²) in [5, 5.41) is 16.4. The lowest BCUT2D eigenvalue weighted by Crippen LogP contribution is -2.25. The molecule has 0 bridgehead atoms. The van der Waals surface area contributed by atoms with E-state index in [-0.39, 0.29) is 11.7 Å². The molecule has 0 aromatic carbocycles. The van der Waals surface area contributed by atoms with Crippen LogP contribution in [0.4, 0.5) is 11.5 Å². The van der Waals surface area contributed by atoms with Crippen molar-refractivity contribution in [1.29, 1.82) is 0 Å². The topological polar surface area (TPSA) is 97.2 Å². The van der Waals surface area contributed by atoms with Crippen LogP contribution in [0.1, 0.15) is 25.7 Å². The molecular formula is C12H16N4O3. The quantitative estimate of drug-likeness (QED) is 0.441. The molecule has 1 fully saturated rings. The summed E-state index contributed by atoms with van der Waals surface area (Å²) >= 11 is 0. The van der Waals surface area contributed by atoms with Gasteiger partial charge in [-0.25, -0.2) is 0 Å². The predicted molar refractivity (Wildman–Crippen MR) is 69.8 cm³/mol. The number of carbonyl (C=O) groups is 1. The van der Waals surface area contributed by atoms with Gasteiger partial charge in [-0.1, -0.05) is 0 Å². The maximum Gasteiger partial charge on any atom is 0.363 e. The van der Waals surface area contributed by atoms with Gasteiger partial charge in [0.2, 0.25) is 5.91 Å². The molecule has 19 heavy (non-hydrogen) atoms. The lowest BCUT2D eigenvalue weighted by molar-refractivity contribution is -0.389. The van der Waals surface area contributed by atoms with Crippen molar-refractivity contribution >= 4 is 17.4 Å². The number of nitrogens with one attached hydrogen (secondary N) is 2. The number of amides is 1. The Morgan fingerprint density at radius 3 is 2.84 bits per heavy atom. The molecule has 2 rings (SSSR count). The van der Waals surface area contributed by atoms with Crippen molar-refractivity contribution in [3.63, 3.8) is 0 Å². The highest BCUT2D eigenvalue weighted by Crippen LogP contribution is 2.18. The van der Waals surface area contributed by atoms with Crippen molar-refractivity contribution in [3.05, 3.63) is 28.4 Å². The van der Waals surface area contributed by atoms with Gasteiger partial charge in [0, 0.05) is 25.1 Å². The Labute approximate surface area is 110 Å². The first-order chi connectivity index (χ1) is 9.15. The Kier molecular flexibility index (Phi) is 4.27. The number of aromatic nitrogens is 1. The molecule has 0 aliphatic heterocycles. The number of hydrogen-bond acceptors (Lipinski definition) is 5. The van der Waals surface area contributed by atoms with E-state index in [1.54, 1.807) is 6.07 Å². The molecule has 1 amide bonds. The van der Waals surface area contributed by atoms with Gasteiger partial charge in [0.15, 0.2) is 6.20 Å². The van der Waals surface area contributed by atoms with E-state index in [1.807, 2.05) is 0 Å². The summed E-state index contributed by atoms with van der Waals surface area (Å²) in [6.45, 7) is 0.636. The van der Waals surface area contributed by atoms with Crippen molar-refractivity contribution in [1.82, 2.24) is 10.3 Å². The van der Waals surface area contributed by atoms with Crippen molar-refractivity contribution in [2.24, 2.45) is 0 Å². The second kappa shape index (κ2) is 6.12. The van der Waals surface area contributed by atoms with E-state index in [4.69, 9.17) is 0 Å². The van der Waals surface area contributed by atoms with Gasteiger partial charge in [0.25, 0.3) is 0 Å². The minimum Gasteiger partial charge on any atom is -0.382 e. The summed E-state index contributed by atoms with van der Waals surface area (Å²) in [6, 6.07) is 3.36. The third-order valence-corrected chi connectivity index (χ3v) is 2.79. The predicted octanol–water partition coefficient (Wildman–Crippen LogP) is 1.46. The third kappa shape index (κ3) is 4.53. The highest BCUT2D eigenvalue weighted by atomic mass is 16.6. The molecule has 0 atom stereocenters. The summed E-state index contributed by atoms with van der Waals surface area (Å²) in [7, 11) is 0. The average molecular weight is 264 g/mol. The van der Waals surface area contributed by atoms with Crippen molar-refractivity contribution in [2.45, 2.75) is 31.7 Å². The van der Waals surface area contributed by atoms with Crippen LogP contribution in [-0.4, -0.2) is 28.4 Å². The van der Waals surface area contributed by atoms with Crippen LogP contribution in [-0.2, 0) is 4.79 Å². The zero-order chi connectivity index (χ0) is 13.7. The summed E-state index contributed by atoms with van der Waals surface area (Å²) in [5.74, 6) is -0.0829. The normalized spacial score (nSPS) is 13.9. The van der Waals surface area contributed by atoms with Gasteiger partial charge >= 0.3 is 5.82 Å². The van der Waals surface area contributed by atoms with E-state index in [1.165, 1.54) is 12.3 Å². The SMILES string of the molecule is O=C(CCCNc1ccc([N+](=O)[O-])nc1)NC1CC1. The van der Waals surface area contributed by atoms with Crippen LogP contribution in [0.5, 0.6) is 0 Å². The molecule has 1 heterocycles. The fourth-order valence-corrected chi connectivity index (χ4v) is 1.61. The molecule has 7 heteroatoms. The van der Waals surface area contributed by atoms with Crippen molar-refractivity contribution < 1.29 is 9.72 Å². The fraction of sp³-hybridized carbons (Fsp3) is 0.500. The molecule has 2 N–H and O–H groups in total. The Balaban J connectivity index is 1.64. The van der Waals surface area contributed by atoms with Crippen LogP contribution >= 0.6 is 0 Å². The van der Waals surface area contributed by atoms with Gasteiger partial charge in [0.1, 0.15) is 0 Å². The fourth-order valence-electron chi connectivity index (χ4n) is 1.61. The van der Waals surface area contributed by atoms with E-state index < -0.39 is 4.92 Å². The van der Waals surface area contributed by atoms with E-state index in [0.29, 0.717) is 24.7 Å². The maximum atomic E-state index is 11.4. The van der Waals surface area contributed by atoms with E-state index in [2.05, 4.69) is 15.6 Å². The van der Waals surface area contributed by atoms with Crippen LogP contribution in [0.3, 0.4) is 0 Å². The van der Waals surface area contributed by atoms with Crippen LogP contribution < -0.4 is 10.6 Å². The van der Waals surface area contributed by atoms with Crippen LogP contribution in [0.15, 0.2) is 18.3 Å². The standard InChI is InChI=1S/C12H16N4O3/c17-12(15-9-3-4-9)2-1-7-13-10-5-6-11(14-8-10)16(18)19/h5-6,8-9,13H,1-4,7H2,(H,15,17). The zero-order valence-electron chi connectivity index (χ0n) is 10.5. The highest BCUT2D eigenvalue weighted by molar-refractivity contribution is 5.76. The van der Waals surface area contributed by atoms with Gasteiger partial charge in [-0.3, -0.25) is 4.79 Å². The first-order valence-electron chi connectivity index (χ1n) is 6.29. The molecule has 7 nitrogen and oxygen atoms in total. The molecule has 1 aromatic heterocycles. The minimum atomic E-state index is -0.536. The molecule has 1 aliphatic carbocycles. The maximum absolute atomic E-state index is 11.4. The summed E-state index contributed by atoms with van der Waals surface area (Å²) in [6.07, 6.45) is 4.82. The summed E-state index contributed by atoms with van der Waals surface area (Å²) in [4.78, 5) is 25.0. The number of anilines is 1. The Morgan fingerprint density at radius 2 is 2.26 bits per heavy atom. The largest absolute Gasteiger partial charge is 0.382 e. The average Bonchev–Trinajstić information content (AvgIpc) is 3.19. The van der Waals surface area contributed by atoms with Gasteiger partial charge < -0.3 is 20.7 Å². The number of rotatable bonds is 7. The minimum absolute atomic E-state index is 0.0890. The molecule has 0 spiro atoms. The lowest BCUT2D eigenvalue weighted by Gasteiger charge is -2.05. The molecule has 0 unspecified atom stereocenters. The number of nitrogens with zero attached hydrogens (tertiary/aromatic N) is 2. The Morgan fingerprint density at radius 1 is 1.47 bits per heavy atom. The van der Waals surface area contributed by atoms with Crippen molar-refractivity contribution in [3.8, 4) is 0 Å². The van der Waals surface area contributed by atoms with Crippen molar-refractivity contribution in [2.75, 3.05) is 11.9 Å².